The minimum Gasteiger partial charge on any atom is -0.209 e. The quantitative estimate of drug-likeness (QED) is 0.633. The van der Waals surface area contributed by atoms with Crippen molar-refractivity contribution in [2.75, 3.05) is 0 Å². The fourth-order valence-corrected chi connectivity index (χ4v) is 3.25. The summed E-state index contributed by atoms with van der Waals surface area (Å²) in [5.41, 5.74) is 0. The van der Waals surface area contributed by atoms with Crippen molar-refractivity contribution in [3.05, 3.63) is 0 Å². The molecule has 0 aromatic rings. The van der Waals surface area contributed by atoms with Gasteiger partial charge in [0, 0.05) is 5.25 Å². The van der Waals surface area contributed by atoms with Crippen LogP contribution in [0.15, 0.2) is 0 Å². The molecule has 0 aromatic heterocycles. The Morgan fingerprint density at radius 3 is 1.67 bits per heavy atom. The first-order valence-electron chi connectivity index (χ1n) is 4.05. The summed E-state index contributed by atoms with van der Waals surface area (Å²) in [4.78, 5) is 0. The van der Waals surface area contributed by atoms with Crippen molar-refractivity contribution in [1.82, 2.24) is 0 Å². The minimum absolute atomic E-state index is 0.0428. The number of hydrogen-bond acceptors (Lipinski definition) is 2. The second kappa shape index (κ2) is 6.08. The van der Waals surface area contributed by atoms with Crippen molar-refractivity contribution < 1.29 is 8.78 Å². The van der Waals surface area contributed by atoms with Gasteiger partial charge in [-0.15, -0.1) is 0 Å². The SMILES string of the molecule is CC(C)SS[C@H](C(C)C)C(F)F. The van der Waals surface area contributed by atoms with Crippen molar-refractivity contribution in [2.45, 2.75) is 44.6 Å². The Kier molecular flexibility index (Phi) is 6.36. The normalized spacial score (nSPS) is 14.8. The summed E-state index contributed by atoms with van der Waals surface area (Å²) < 4.78 is 24.7. The Hall–Kier alpha value is 0.560. The molecule has 0 bridgehead atoms. The van der Waals surface area contributed by atoms with E-state index in [1.807, 2.05) is 27.7 Å². The van der Waals surface area contributed by atoms with E-state index in [2.05, 4.69) is 0 Å². The van der Waals surface area contributed by atoms with Gasteiger partial charge < -0.3 is 0 Å². The van der Waals surface area contributed by atoms with Crippen LogP contribution in [0.1, 0.15) is 27.7 Å². The van der Waals surface area contributed by atoms with E-state index < -0.39 is 11.7 Å². The van der Waals surface area contributed by atoms with Crippen LogP contribution in [-0.2, 0) is 0 Å². The van der Waals surface area contributed by atoms with Crippen LogP contribution in [0.4, 0.5) is 8.78 Å². The van der Waals surface area contributed by atoms with Gasteiger partial charge in [-0.05, 0) is 5.92 Å². The smallest absolute Gasteiger partial charge is 0.209 e. The lowest BCUT2D eigenvalue weighted by atomic mass is 10.1. The van der Waals surface area contributed by atoms with Gasteiger partial charge in [0.1, 0.15) is 0 Å². The molecule has 0 nitrogen and oxygen atoms in total. The van der Waals surface area contributed by atoms with Crippen LogP contribution < -0.4 is 0 Å². The highest BCUT2D eigenvalue weighted by Crippen LogP contribution is 2.37. The summed E-state index contributed by atoms with van der Waals surface area (Å²) in [5.74, 6) is 0.0428. The Morgan fingerprint density at radius 1 is 0.917 bits per heavy atom. The predicted octanol–water partition coefficient (Wildman–Crippen LogP) is 4.07. The average molecular weight is 214 g/mol. The van der Waals surface area contributed by atoms with Gasteiger partial charge in [0.15, 0.2) is 0 Å². The molecule has 0 aromatic carbocycles. The van der Waals surface area contributed by atoms with E-state index >= 15 is 0 Å². The number of hydrogen-bond donors (Lipinski definition) is 0. The van der Waals surface area contributed by atoms with E-state index in [0.29, 0.717) is 5.25 Å². The van der Waals surface area contributed by atoms with Crippen LogP contribution in [0.25, 0.3) is 0 Å². The van der Waals surface area contributed by atoms with Crippen LogP contribution in [0.3, 0.4) is 0 Å². The molecule has 0 aliphatic carbocycles. The fourth-order valence-electron chi connectivity index (χ4n) is 0.619. The Labute approximate surface area is 81.3 Å². The molecule has 0 saturated heterocycles. The summed E-state index contributed by atoms with van der Waals surface area (Å²) >= 11 is 0. The highest BCUT2D eigenvalue weighted by atomic mass is 33.1. The van der Waals surface area contributed by atoms with Gasteiger partial charge in [0.05, 0.1) is 5.25 Å². The monoisotopic (exact) mass is 214 g/mol. The standard InChI is InChI=1S/C8H16F2S2/c1-5(2)7(8(9)10)12-11-6(3)4/h5-8H,1-4H3/t7-/m1/s1. The van der Waals surface area contributed by atoms with E-state index in [-0.39, 0.29) is 5.92 Å². The Balaban J connectivity index is 3.80. The molecule has 0 aliphatic heterocycles. The van der Waals surface area contributed by atoms with Crippen LogP contribution in [0.2, 0.25) is 0 Å². The van der Waals surface area contributed by atoms with Gasteiger partial charge in [-0.1, -0.05) is 49.3 Å². The van der Waals surface area contributed by atoms with E-state index in [0.717, 1.165) is 0 Å². The predicted molar refractivity (Wildman–Crippen MR) is 54.9 cm³/mol. The summed E-state index contributed by atoms with van der Waals surface area (Å²) in [5, 5.41) is -0.118. The molecule has 0 amide bonds. The van der Waals surface area contributed by atoms with Crippen molar-refractivity contribution in [3.63, 3.8) is 0 Å². The van der Waals surface area contributed by atoms with Gasteiger partial charge in [-0.2, -0.15) is 0 Å². The molecule has 0 saturated carbocycles. The van der Waals surface area contributed by atoms with E-state index in [9.17, 15) is 8.78 Å². The van der Waals surface area contributed by atoms with Gasteiger partial charge in [0.2, 0.25) is 0 Å². The maximum Gasteiger partial charge on any atom is 0.251 e. The molecule has 0 radical (unpaired) electrons. The van der Waals surface area contributed by atoms with Crippen molar-refractivity contribution in [3.8, 4) is 0 Å². The number of alkyl halides is 2. The highest BCUT2D eigenvalue weighted by molar-refractivity contribution is 8.77. The van der Waals surface area contributed by atoms with Crippen LogP contribution in [-0.4, -0.2) is 16.9 Å². The first-order valence-corrected chi connectivity index (χ1v) is 6.33. The van der Waals surface area contributed by atoms with Gasteiger partial charge in [-0.25, -0.2) is 8.78 Å². The summed E-state index contributed by atoms with van der Waals surface area (Å²) in [6.07, 6.45) is -2.21. The second-order valence-corrected chi connectivity index (χ2v) is 6.31. The minimum atomic E-state index is -2.21. The van der Waals surface area contributed by atoms with E-state index in [1.54, 1.807) is 0 Å². The highest BCUT2D eigenvalue weighted by Gasteiger charge is 2.24. The van der Waals surface area contributed by atoms with Gasteiger partial charge in [0.25, 0.3) is 6.43 Å². The lowest BCUT2D eigenvalue weighted by molar-refractivity contribution is 0.130. The zero-order valence-corrected chi connectivity index (χ0v) is 9.51. The molecule has 12 heavy (non-hydrogen) atoms. The van der Waals surface area contributed by atoms with Crippen LogP contribution >= 0.6 is 21.6 Å². The van der Waals surface area contributed by atoms with E-state index in [1.165, 1.54) is 21.6 Å². The largest absolute Gasteiger partial charge is 0.251 e. The number of rotatable bonds is 5. The molecule has 0 heterocycles. The molecule has 1 atom stereocenters. The molecule has 0 N–H and O–H groups in total. The zero-order valence-electron chi connectivity index (χ0n) is 7.88. The first kappa shape index (κ1) is 12.6. The maximum absolute atomic E-state index is 12.4. The van der Waals surface area contributed by atoms with E-state index in [4.69, 9.17) is 0 Å². The third-order valence-corrected chi connectivity index (χ3v) is 4.89. The van der Waals surface area contributed by atoms with Crippen molar-refractivity contribution in [1.29, 1.82) is 0 Å². The third kappa shape index (κ3) is 5.25. The topological polar surface area (TPSA) is 0 Å². The molecular weight excluding hydrogens is 198 g/mol. The van der Waals surface area contributed by atoms with Crippen molar-refractivity contribution >= 4 is 21.6 Å². The molecule has 0 rings (SSSR count). The number of halogens is 2. The Morgan fingerprint density at radius 2 is 1.42 bits per heavy atom. The summed E-state index contributed by atoms with van der Waals surface area (Å²) in [6, 6.07) is 0. The van der Waals surface area contributed by atoms with Gasteiger partial charge >= 0.3 is 0 Å². The molecule has 0 spiro atoms. The van der Waals surface area contributed by atoms with Crippen LogP contribution in [0, 0.1) is 5.92 Å². The molecule has 0 unspecified atom stereocenters. The Bertz CT molecular complexity index is 108. The molecule has 0 aliphatic rings. The zero-order chi connectivity index (χ0) is 9.72. The third-order valence-electron chi connectivity index (χ3n) is 1.26. The fraction of sp³-hybridized carbons (Fsp3) is 1.00. The lowest BCUT2D eigenvalue weighted by Gasteiger charge is -2.19. The van der Waals surface area contributed by atoms with Crippen molar-refractivity contribution in [2.24, 2.45) is 5.92 Å². The molecule has 74 valence electrons. The molecular formula is C8H16F2S2. The van der Waals surface area contributed by atoms with Gasteiger partial charge in [-0.3, -0.25) is 0 Å². The molecule has 0 fully saturated rings. The summed E-state index contributed by atoms with van der Waals surface area (Å²) in [6.45, 7) is 7.70. The second-order valence-electron chi connectivity index (χ2n) is 3.28. The maximum atomic E-state index is 12.4. The molecule has 4 heteroatoms. The summed E-state index contributed by atoms with van der Waals surface area (Å²) in [7, 11) is 2.85. The van der Waals surface area contributed by atoms with Crippen LogP contribution in [0.5, 0.6) is 0 Å². The average Bonchev–Trinajstić information content (AvgIpc) is 1.84. The lowest BCUT2D eigenvalue weighted by Crippen LogP contribution is -2.19. The first-order chi connectivity index (χ1) is 5.45.